The van der Waals surface area contributed by atoms with Gasteiger partial charge in [0.05, 0.1) is 28.5 Å². The number of carbonyl (C=O) groups is 1. The Hall–Kier alpha value is -1.87. The Kier molecular flexibility index (Phi) is 5.14. The smallest absolute Gasteiger partial charge is 0.357 e. The Morgan fingerprint density at radius 3 is 2.88 bits per heavy atom. The zero-order valence-corrected chi connectivity index (χ0v) is 16.4. The molecule has 0 unspecified atom stereocenters. The molecular formula is C17H14ClFIN3O2. The van der Waals surface area contributed by atoms with Crippen LogP contribution in [0.25, 0.3) is 10.9 Å². The van der Waals surface area contributed by atoms with E-state index in [-0.39, 0.29) is 18.0 Å². The first kappa shape index (κ1) is 17.9. The number of ether oxygens (including phenoxy) is 1. The number of carbonyl (C=O) groups excluding carboxylic acids is 1. The van der Waals surface area contributed by atoms with E-state index in [0.29, 0.717) is 21.6 Å². The fourth-order valence-electron chi connectivity index (χ4n) is 2.65. The van der Waals surface area contributed by atoms with Gasteiger partial charge in [-0.1, -0.05) is 11.6 Å². The average Bonchev–Trinajstić information content (AvgIpc) is 2.84. The number of esters is 1. The number of halogens is 3. The number of fused-ring (bicyclic) bond motifs is 1. The van der Waals surface area contributed by atoms with Crippen LogP contribution in [0.5, 0.6) is 0 Å². The molecule has 8 heteroatoms. The minimum Gasteiger partial charge on any atom is -0.461 e. The van der Waals surface area contributed by atoms with Crippen molar-refractivity contribution in [2.45, 2.75) is 6.92 Å². The number of nitrogens with zero attached hydrogens (tertiary/aromatic N) is 2. The van der Waals surface area contributed by atoms with E-state index in [0.717, 1.165) is 3.57 Å². The first-order valence-corrected chi connectivity index (χ1v) is 8.90. The number of rotatable bonds is 4. The molecule has 25 heavy (non-hydrogen) atoms. The normalized spacial score (nSPS) is 10.9. The maximum atomic E-state index is 14.3. The summed E-state index contributed by atoms with van der Waals surface area (Å²) in [5.74, 6) is -0.945. The van der Waals surface area contributed by atoms with Gasteiger partial charge in [0.2, 0.25) is 0 Å². The third kappa shape index (κ3) is 3.30. The Morgan fingerprint density at radius 1 is 1.44 bits per heavy atom. The van der Waals surface area contributed by atoms with E-state index in [2.05, 4.69) is 10.3 Å². The van der Waals surface area contributed by atoms with Gasteiger partial charge in [-0.2, -0.15) is 0 Å². The molecule has 0 atom stereocenters. The van der Waals surface area contributed by atoms with Crippen molar-refractivity contribution in [3.8, 4) is 0 Å². The number of anilines is 2. The van der Waals surface area contributed by atoms with Crippen molar-refractivity contribution in [3.63, 3.8) is 0 Å². The summed E-state index contributed by atoms with van der Waals surface area (Å²) in [5.41, 5.74) is 1.53. The van der Waals surface area contributed by atoms with Gasteiger partial charge < -0.3 is 14.6 Å². The quantitative estimate of drug-likeness (QED) is 0.433. The van der Waals surface area contributed by atoms with Gasteiger partial charge in [-0.15, -0.1) is 0 Å². The van der Waals surface area contributed by atoms with E-state index in [1.54, 1.807) is 36.9 Å². The van der Waals surface area contributed by atoms with Gasteiger partial charge >= 0.3 is 5.97 Å². The highest BCUT2D eigenvalue weighted by molar-refractivity contribution is 14.1. The molecule has 0 aliphatic carbocycles. The van der Waals surface area contributed by atoms with Crippen molar-refractivity contribution < 1.29 is 13.9 Å². The van der Waals surface area contributed by atoms with Gasteiger partial charge in [0.15, 0.2) is 5.69 Å². The largest absolute Gasteiger partial charge is 0.461 e. The molecule has 0 bridgehead atoms. The first-order valence-electron chi connectivity index (χ1n) is 7.45. The number of hydrogen-bond donors (Lipinski definition) is 1. The maximum absolute atomic E-state index is 14.3. The standard InChI is InChI=1S/C17H14ClFIN3O2/c1-3-25-17(24)16-14(22-13-5-4-9(20)6-12(13)19)10-7-21-8-11(18)15(10)23(16)2/h4-8,22H,3H2,1-2H3. The number of pyridine rings is 1. The molecule has 0 fully saturated rings. The third-order valence-electron chi connectivity index (χ3n) is 3.71. The second-order valence-electron chi connectivity index (χ2n) is 5.27. The number of benzene rings is 1. The summed E-state index contributed by atoms with van der Waals surface area (Å²) >= 11 is 8.28. The summed E-state index contributed by atoms with van der Waals surface area (Å²) in [6, 6.07) is 4.79. The Bertz CT molecular complexity index is 974. The summed E-state index contributed by atoms with van der Waals surface area (Å²) in [6.45, 7) is 1.95. The summed E-state index contributed by atoms with van der Waals surface area (Å²) in [4.78, 5) is 16.5. The molecule has 0 aliphatic heterocycles. The molecule has 2 aromatic heterocycles. The van der Waals surface area contributed by atoms with Gasteiger partial charge in [-0.05, 0) is 47.7 Å². The molecule has 0 saturated heterocycles. The van der Waals surface area contributed by atoms with Gasteiger partial charge in [0.1, 0.15) is 5.82 Å². The van der Waals surface area contributed by atoms with Crippen molar-refractivity contribution in [2.75, 3.05) is 11.9 Å². The number of nitrogens with one attached hydrogen (secondary N) is 1. The molecule has 130 valence electrons. The van der Waals surface area contributed by atoms with Crippen LogP contribution >= 0.6 is 34.2 Å². The second-order valence-corrected chi connectivity index (χ2v) is 6.92. The summed E-state index contributed by atoms with van der Waals surface area (Å²) in [7, 11) is 1.70. The fraction of sp³-hybridized carbons (Fsp3) is 0.176. The van der Waals surface area contributed by atoms with Crippen LogP contribution in [0.15, 0.2) is 30.6 Å². The van der Waals surface area contributed by atoms with Gasteiger partial charge in [-0.25, -0.2) is 9.18 Å². The summed E-state index contributed by atoms with van der Waals surface area (Å²) in [6.07, 6.45) is 3.07. The highest BCUT2D eigenvalue weighted by Gasteiger charge is 2.24. The lowest BCUT2D eigenvalue weighted by atomic mass is 10.2. The lowest BCUT2D eigenvalue weighted by molar-refractivity contribution is 0.0517. The molecule has 1 N–H and O–H groups in total. The predicted molar refractivity (Wildman–Crippen MR) is 104 cm³/mol. The van der Waals surface area contributed by atoms with E-state index in [9.17, 15) is 9.18 Å². The van der Waals surface area contributed by atoms with E-state index in [1.807, 2.05) is 22.6 Å². The monoisotopic (exact) mass is 473 g/mol. The molecule has 3 rings (SSSR count). The summed E-state index contributed by atoms with van der Waals surface area (Å²) in [5, 5.41) is 4.00. The molecule has 2 heterocycles. The lowest BCUT2D eigenvalue weighted by Crippen LogP contribution is -2.12. The molecule has 0 saturated carbocycles. The van der Waals surface area contributed by atoms with Crippen molar-refractivity contribution in [3.05, 3.63) is 50.7 Å². The van der Waals surface area contributed by atoms with Crippen LogP contribution in [0.2, 0.25) is 5.02 Å². The lowest BCUT2D eigenvalue weighted by Gasteiger charge is -2.10. The molecule has 0 spiro atoms. The van der Waals surface area contributed by atoms with E-state index in [1.165, 1.54) is 12.3 Å². The van der Waals surface area contributed by atoms with Gasteiger partial charge in [0, 0.05) is 28.4 Å². The minimum absolute atomic E-state index is 0.226. The van der Waals surface area contributed by atoms with E-state index < -0.39 is 11.8 Å². The maximum Gasteiger partial charge on any atom is 0.357 e. The number of aromatic nitrogens is 2. The zero-order valence-electron chi connectivity index (χ0n) is 13.4. The molecule has 0 radical (unpaired) electrons. The SMILES string of the molecule is CCOC(=O)c1c(Nc2ccc(I)cc2F)c2cncc(Cl)c2n1C. The van der Waals surface area contributed by atoms with E-state index in [4.69, 9.17) is 16.3 Å². The van der Waals surface area contributed by atoms with Crippen molar-refractivity contribution in [2.24, 2.45) is 7.05 Å². The highest BCUT2D eigenvalue weighted by Crippen LogP contribution is 2.36. The Morgan fingerprint density at radius 2 is 2.20 bits per heavy atom. The van der Waals surface area contributed by atoms with Crippen LogP contribution in [0.3, 0.4) is 0 Å². The number of hydrogen-bond acceptors (Lipinski definition) is 4. The van der Waals surface area contributed by atoms with Crippen LogP contribution in [-0.2, 0) is 11.8 Å². The Balaban J connectivity index is 2.23. The van der Waals surface area contributed by atoms with Crippen LogP contribution in [0, 0.1) is 9.39 Å². The van der Waals surface area contributed by atoms with Crippen LogP contribution in [0.1, 0.15) is 17.4 Å². The van der Waals surface area contributed by atoms with E-state index >= 15 is 0 Å². The van der Waals surface area contributed by atoms with Gasteiger partial charge in [-0.3, -0.25) is 4.98 Å². The minimum atomic E-state index is -0.523. The van der Waals surface area contributed by atoms with Crippen LogP contribution in [0.4, 0.5) is 15.8 Å². The van der Waals surface area contributed by atoms with Crippen molar-refractivity contribution in [1.29, 1.82) is 0 Å². The molecule has 0 amide bonds. The number of aryl methyl sites for hydroxylation is 1. The molecular weight excluding hydrogens is 460 g/mol. The molecule has 3 aromatic rings. The van der Waals surface area contributed by atoms with Crippen molar-refractivity contribution >= 4 is 62.4 Å². The molecule has 0 aliphatic rings. The molecule has 1 aromatic carbocycles. The highest BCUT2D eigenvalue weighted by atomic mass is 127. The topological polar surface area (TPSA) is 56.1 Å². The average molecular weight is 474 g/mol. The predicted octanol–water partition coefficient (Wildman–Crippen LogP) is 4.89. The fourth-order valence-corrected chi connectivity index (χ4v) is 3.39. The van der Waals surface area contributed by atoms with Crippen LogP contribution in [-0.4, -0.2) is 22.1 Å². The van der Waals surface area contributed by atoms with Crippen molar-refractivity contribution in [1.82, 2.24) is 9.55 Å². The summed E-state index contributed by atoms with van der Waals surface area (Å²) < 4.78 is 21.8. The van der Waals surface area contributed by atoms with Crippen LogP contribution < -0.4 is 5.32 Å². The third-order valence-corrected chi connectivity index (χ3v) is 4.66. The Labute approximate surface area is 162 Å². The second kappa shape index (κ2) is 7.17. The molecule has 5 nitrogen and oxygen atoms in total. The van der Waals surface area contributed by atoms with Gasteiger partial charge in [0.25, 0.3) is 0 Å². The zero-order chi connectivity index (χ0) is 18.1. The first-order chi connectivity index (χ1) is 11.9.